The first kappa shape index (κ1) is 13.3. The number of imide groups is 2. The number of hydrogen-bond donors (Lipinski definition) is 1. The number of halogens is 1. The molecule has 5 nitrogen and oxygen atoms in total. The maximum atomic E-state index is 12.6. The SMILES string of the molecule is Cc1c(Br)cccc1N1C(=O)NC(=O)C2(CCC2)C1=O. The standard InChI is InChI=1S/C14H13BrN2O3/c1-8-9(15)4-2-5-10(8)17-12(19)14(6-3-7-14)11(18)16-13(17)20/h2,4-5H,3,6-7H2,1H3,(H,16,18,20). The summed E-state index contributed by atoms with van der Waals surface area (Å²) in [6, 6.07) is 4.64. The van der Waals surface area contributed by atoms with Crippen LogP contribution >= 0.6 is 15.9 Å². The van der Waals surface area contributed by atoms with Gasteiger partial charge in [0.25, 0.3) is 5.91 Å². The molecule has 0 unspecified atom stereocenters. The summed E-state index contributed by atoms with van der Waals surface area (Å²) in [4.78, 5) is 37.8. The zero-order chi connectivity index (χ0) is 14.5. The fraction of sp³-hybridized carbons (Fsp3) is 0.357. The van der Waals surface area contributed by atoms with Crippen molar-refractivity contribution in [3.8, 4) is 0 Å². The Labute approximate surface area is 124 Å². The van der Waals surface area contributed by atoms with Crippen LogP contribution in [0.2, 0.25) is 0 Å². The molecular formula is C14H13BrN2O3. The molecule has 1 N–H and O–H groups in total. The van der Waals surface area contributed by atoms with E-state index in [2.05, 4.69) is 21.2 Å². The van der Waals surface area contributed by atoms with Crippen LogP contribution in [0.15, 0.2) is 22.7 Å². The molecule has 4 amide bonds. The van der Waals surface area contributed by atoms with Crippen molar-refractivity contribution in [2.45, 2.75) is 26.2 Å². The minimum Gasteiger partial charge on any atom is -0.276 e. The second kappa shape index (κ2) is 4.41. The molecule has 0 radical (unpaired) electrons. The van der Waals surface area contributed by atoms with Gasteiger partial charge < -0.3 is 0 Å². The number of amides is 4. The lowest BCUT2D eigenvalue weighted by molar-refractivity contribution is -0.148. The van der Waals surface area contributed by atoms with Crippen molar-refractivity contribution in [3.05, 3.63) is 28.2 Å². The zero-order valence-electron chi connectivity index (χ0n) is 10.9. The number of carbonyl (C=O) groups is 3. The van der Waals surface area contributed by atoms with Gasteiger partial charge in [-0.25, -0.2) is 9.69 Å². The molecule has 3 rings (SSSR count). The summed E-state index contributed by atoms with van der Waals surface area (Å²) in [5, 5.41) is 2.31. The van der Waals surface area contributed by atoms with Crippen molar-refractivity contribution in [1.29, 1.82) is 0 Å². The molecule has 1 aliphatic heterocycles. The second-order valence-electron chi connectivity index (χ2n) is 5.22. The largest absolute Gasteiger partial charge is 0.335 e. The minimum absolute atomic E-state index is 0.404. The van der Waals surface area contributed by atoms with Gasteiger partial charge >= 0.3 is 6.03 Å². The number of rotatable bonds is 1. The van der Waals surface area contributed by atoms with Crippen molar-refractivity contribution in [3.63, 3.8) is 0 Å². The van der Waals surface area contributed by atoms with E-state index in [1.807, 2.05) is 13.0 Å². The molecule has 0 aromatic heterocycles. The summed E-state index contributed by atoms with van der Waals surface area (Å²) < 4.78 is 0.815. The number of nitrogens with zero attached hydrogens (tertiary/aromatic N) is 1. The van der Waals surface area contributed by atoms with E-state index in [1.54, 1.807) is 12.1 Å². The zero-order valence-corrected chi connectivity index (χ0v) is 12.5. The first-order valence-electron chi connectivity index (χ1n) is 6.42. The van der Waals surface area contributed by atoms with Crippen LogP contribution in [0, 0.1) is 12.3 Å². The number of anilines is 1. The maximum Gasteiger partial charge on any atom is 0.335 e. The molecule has 0 bridgehead atoms. The van der Waals surface area contributed by atoms with Crippen molar-refractivity contribution < 1.29 is 14.4 Å². The van der Waals surface area contributed by atoms with Crippen LogP contribution in [0.1, 0.15) is 24.8 Å². The number of carbonyl (C=O) groups excluding carboxylic acids is 3. The highest BCUT2D eigenvalue weighted by Gasteiger charge is 2.57. The fourth-order valence-electron chi connectivity index (χ4n) is 2.70. The molecule has 20 heavy (non-hydrogen) atoms. The third-order valence-electron chi connectivity index (χ3n) is 4.16. The van der Waals surface area contributed by atoms with Crippen molar-refractivity contribution >= 4 is 39.5 Å². The second-order valence-corrected chi connectivity index (χ2v) is 6.07. The lowest BCUT2D eigenvalue weighted by atomic mass is 9.66. The highest BCUT2D eigenvalue weighted by atomic mass is 79.9. The quantitative estimate of drug-likeness (QED) is 0.801. The monoisotopic (exact) mass is 336 g/mol. The van der Waals surface area contributed by atoms with Crippen molar-refractivity contribution in [2.75, 3.05) is 4.90 Å². The molecule has 0 atom stereocenters. The predicted molar refractivity (Wildman–Crippen MR) is 76.2 cm³/mol. The number of urea groups is 1. The summed E-state index contributed by atoms with van der Waals surface area (Å²) in [6.45, 7) is 1.82. The first-order chi connectivity index (χ1) is 9.47. The van der Waals surface area contributed by atoms with E-state index in [9.17, 15) is 14.4 Å². The van der Waals surface area contributed by atoms with Crippen molar-refractivity contribution in [1.82, 2.24) is 5.32 Å². The Hall–Kier alpha value is -1.69. The van der Waals surface area contributed by atoms with E-state index in [4.69, 9.17) is 0 Å². The summed E-state index contributed by atoms with van der Waals surface area (Å²) in [5.41, 5.74) is 0.267. The van der Waals surface area contributed by atoms with E-state index in [0.717, 1.165) is 21.4 Å². The van der Waals surface area contributed by atoms with E-state index >= 15 is 0 Å². The Balaban J connectivity index is 2.08. The van der Waals surface area contributed by atoms with Crippen LogP contribution in [-0.4, -0.2) is 17.8 Å². The highest BCUT2D eigenvalue weighted by Crippen LogP contribution is 2.45. The minimum atomic E-state index is -1.04. The smallest absolute Gasteiger partial charge is 0.276 e. The van der Waals surface area contributed by atoms with E-state index in [-0.39, 0.29) is 0 Å². The molecule has 1 saturated carbocycles. The summed E-state index contributed by atoms with van der Waals surface area (Å²) in [7, 11) is 0. The number of nitrogens with one attached hydrogen (secondary N) is 1. The normalized spacial score (nSPS) is 20.9. The molecule has 1 aromatic rings. The van der Waals surface area contributed by atoms with E-state index < -0.39 is 23.3 Å². The van der Waals surface area contributed by atoms with Crippen molar-refractivity contribution in [2.24, 2.45) is 5.41 Å². The maximum absolute atomic E-state index is 12.6. The Morgan fingerprint density at radius 2 is 1.95 bits per heavy atom. The molecule has 1 aromatic carbocycles. The summed E-state index contributed by atoms with van der Waals surface area (Å²) in [6.07, 6.45) is 1.85. The van der Waals surface area contributed by atoms with Gasteiger partial charge in [0.05, 0.1) is 5.69 Å². The molecule has 2 fully saturated rings. The molecule has 1 saturated heterocycles. The Morgan fingerprint density at radius 1 is 1.25 bits per heavy atom. The van der Waals surface area contributed by atoms with Gasteiger partial charge in [-0.3, -0.25) is 14.9 Å². The first-order valence-corrected chi connectivity index (χ1v) is 7.22. The van der Waals surface area contributed by atoms with E-state index in [1.165, 1.54) is 0 Å². The van der Waals surface area contributed by atoms with Gasteiger partial charge in [0, 0.05) is 4.47 Å². The van der Waals surface area contributed by atoms with Gasteiger partial charge in [-0.05, 0) is 37.5 Å². The van der Waals surface area contributed by atoms with E-state index in [0.29, 0.717) is 18.5 Å². The van der Waals surface area contributed by atoms with Crippen LogP contribution in [0.3, 0.4) is 0 Å². The van der Waals surface area contributed by atoms with Gasteiger partial charge in [-0.1, -0.05) is 28.4 Å². The average molecular weight is 337 g/mol. The van der Waals surface area contributed by atoms with Crippen LogP contribution < -0.4 is 10.2 Å². The number of benzene rings is 1. The van der Waals surface area contributed by atoms with Crippen LogP contribution in [0.25, 0.3) is 0 Å². The molecule has 2 aliphatic rings. The molecule has 1 aliphatic carbocycles. The molecule has 6 heteroatoms. The van der Waals surface area contributed by atoms with Gasteiger partial charge in [0.2, 0.25) is 5.91 Å². The topological polar surface area (TPSA) is 66.5 Å². The predicted octanol–water partition coefficient (Wildman–Crippen LogP) is 2.51. The average Bonchev–Trinajstić information content (AvgIpc) is 2.32. The van der Waals surface area contributed by atoms with Gasteiger partial charge in [0.1, 0.15) is 5.41 Å². The highest BCUT2D eigenvalue weighted by molar-refractivity contribution is 9.10. The molecule has 104 valence electrons. The number of hydrogen-bond acceptors (Lipinski definition) is 3. The van der Waals surface area contributed by atoms with Crippen LogP contribution in [-0.2, 0) is 9.59 Å². The molecule has 1 heterocycles. The lowest BCUT2D eigenvalue weighted by Crippen LogP contribution is -2.66. The third kappa shape index (κ3) is 1.64. The van der Waals surface area contributed by atoms with Crippen LogP contribution in [0.5, 0.6) is 0 Å². The Morgan fingerprint density at radius 3 is 2.55 bits per heavy atom. The fourth-order valence-corrected chi connectivity index (χ4v) is 3.06. The van der Waals surface area contributed by atoms with Gasteiger partial charge in [-0.15, -0.1) is 0 Å². The summed E-state index contributed by atoms with van der Waals surface area (Å²) >= 11 is 3.39. The Bertz CT molecular complexity index is 637. The van der Waals surface area contributed by atoms with Gasteiger partial charge in [0.15, 0.2) is 0 Å². The Kier molecular flexibility index (Phi) is 2.93. The summed E-state index contributed by atoms with van der Waals surface area (Å²) in [5.74, 6) is -0.860. The molecule has 1 spiro atoms. The third-order valence-corrected chi connectivity index (χ3v) is 5.02. The number of barbiturate groups is 1. The van der Waals surface area contributed by atoms with Gasteiger partial charge in [-0.2, -0.15) is 0 Å². The van der Waals surface area contributed by atoms with Crippen LogP contribution in [0.4, 0.5) is 10.5 Å². The lowest BCUT2D eigenvalue weighted by Gasteiger charge is -2.44. The molecular weight excluding hydrogens is 324 g/mol.